The van der Waals surface area contributed by atoms with Gasteiger partial charge in [-0.3, -0.25) is 4.68 Å². The molecule has 3 N–H and O–H groups in total. The van der Waals surface area contributed by atoms with Crippen molar-refractivity contribution in [1.82, 2.24) is 14.7 Å². The molecule has 0 aliphatic heterocycles. The van der Waals surface area contributed by atoms with Gasteiger partial charge in [0.2, 0.25) is 0 Å². The largest absolute Gasteiger partial charge is 0.383 e. The van der Waals surface area contributed by atoms with Gasteiger partial charge in [-0.25, -0.2) is 0 Å². The first-order valence-electron chi connectivity index (χ1n) is 6.77. The van der Waals surface area contributed by atoms with E-state index in [4.69, 9.17) is 17.3 Å². The zero-order valence-corrected chi connectivity index (χ0v) is 12.4. The van der Waals surface area contributed by atoms with Crippen molar-refractivity contribution >= 4 is 11.6 Å². The molecule has 6 heteroatoms. The number of aliphatic hydroxyl groups is 1. The third-order valence-electron chi connectivity index (χ3n) is 3.76. The van der Waals surface area contributed by atoms with Crippen molar-refractivity contribution in [3.63, 3.8) is 0 Å². The lowest BCUT2D eigenvalue weighted by Gasteiger charge is -2.36. The summed E-state index contributed by atoms with van der Waals surface area (Å²) >= 11 is 6.23. The first-order valence-corrected chi connectivity index (χ1v) is 7.14. The molecule has 1 saturated carbocycles. The molecule has 2 rings (SSSR count). The summed E-state index contributed by atoms with van der Waals surface area (Å²) in [5.74, 6) is 0. The van der Waals surface area contributed by atoms with Crippen molar-refractivity contribution in [3.05, 3.63) is 16.9 Å². The number of nitrogens with two attached hydrogens (primary N) is 1. The van der Waals surface area contributed by atoms with Gasteiger partial charge in [0.05, 0.1) is 23.5 Å². The van der Waals surface area contributed by atoms with Crippen LogP contribution in [0.15, 0.2) is 6.20 Å². The summed E-state index contributed by atoms with van der Waals surface area (Å²) in [4.78, 5) is 2.08. The van der Waals surface area contributed by atoms with E-state index in [0.717, 1.165) is 25.1 Å². The van der Waals surface area contributed by atoms with Crippen molar-refractivity contribution in [2.24, 2.45) is 5.73 Å². The molecule has 19 heavy (non-hydrogen) atoms. The van der Waals surface area contributed by atoms with Crippen LogP contribution in [0.4, 0.5) is 0 Å². The fourth-order valence-electron chi connectivity index (χ4n) is 2.80. The van der Waals surface area contributed by atoms with Crippen LogP contribution in [-0.2, 0) is 12.1 Å². The normalized spacial score (nSPS) is 28.0. The fourth-order valence-corrected chi connectivity index (χ4v) is 3.12. The average molecular weight is 287 g/mol. The minimum Gasteiger partial charge on any atom is -0.383 e. The Bertz CT molecular complexity index is 434. The van der Waals surface area contributed by atoms with E-state index in [-0.39, 0.29) is 6.04 Å². The molecule has 1 aromatic rings. The van der Waals surface area contributed by atoms with Gasteiger partial charge in [-0.15, -0.1) is 0 Å². The number of aromatic nitrogens is 2. The van der Waals surface area contributed by atoms with E-state index in [2.05, 4.69) is 10.00 Å². The third kappa shape index (κ3) is 3.28. The highest BCUT2D eigenvalue weighted by molar-refractivity contribution is 6.31. The molecule has 2 atom stereocenters. The summed E-state index contributed by atoms with van der Waals surface area (Å²) < 4.78 is 1.82. The van der Waals surface area contributed by atoms with Crippen LogP contribution in [0, 0.1) is 0 Å². The molecule has 1 fully saturated rings. The molecular formula is C13H23ClN4O. The molecule has 5 nitrogen and oxygen atoms in total. The summed E-state index contributed by atoms with van der Waals surface area (Å²) in [6.07, 6.45) is 4.76. The molecular weight excluding hydrogens is 264 g/mol. The van der Waals surface area contributed by atoms with Crippen LogP contribution in [0.5, 0.6) is 0 Å². The van der Waals surface area contributed by atoms with Crippen molar-refractivity contribution in [2.45, 2.75) is 43.9 Å². The Morgan fingerprint density at radius 3 is 3.00 bits per heavy atom. The predicted molar refractivity (Wildman–Crippen MR) is 76.1 cm³/mol. The van der Waals surface area contributed by atoms with Crippen molar-refractivity contribution in [3.8, 4) is 0 Å². The molecule has 108 valence electrons. The second kappa shape index (κ2) is 5.79. The lowest BCUT2D eigenvalue weighted by Crippen LogP contribution is -2.41. The molecule has 0 bridgehead atoms. The van der Waals surface area contributed by atoms with Gasteiger partial charge in [-0.05, 0) is 39.8 Å². The van der Waals surface area contributed by atoms with Gasteiger partial charge in [0.25, 0.3) is 0 Å². The van der Waals surface area contributed by atoms with Gasteiger partial charge >= 0.3 is 0 Å². The zero-order chi connectivity index (χ0) is 14.0. The highest BCUT2D eigenvalue weighted by Crippen LogP contribution is 2.39. The third-order valence-corrected chi connectivity index (χ3v) is 4.04. The van der Waals surface area contributed by atoms with E-state index in [9.17, 15) is 5.11 Å². The van der Waals surface area contributed by atoms with E-state index in [1.807, 2.05) is 18.8 Å². The quantitative estimate of drug-likeness (QED) is 0.872. The maximum atomic E-state index is 10.9. The van der Waals surface area contributed by atoms with Crippen LogP contribution in [-0.4, -0.2) is 46.5 Å². The topological polar surface area (TPSA) is 67.3 Å². The maximum Gasteiger partial charge on any atom is 0.109 e. The lowest BCUT2D eigenvalue weighted by molar-refractivity contribution is -0.0152. The predicted octanol–water partition coefficient (Wildman–Crippen LogP) is 1.19. The Morgan fingerprint density at radius 2 is 2.37 bits per heavy atom. The Morgan fingerprint density at radius 1 is 1.63 bits per heavy atom. The maximum absolute atomic E-state index is 10.9. The lowest BCUT2D eigenvalue weighted by atomic mass is 9.80. The number of hydrogen-bond donors (Lipinski definition) is 2. The Kier molecular flexibility index (Phi) is 4.50. The SMILES string of the molecule is CN(C)CCn1ncc(Cl)c1C1(O)CCCC(N)C1. The second-order valence-corrected chi connectivity index (χ2v) is 6.16. The molecule has 0 radical (unpaired) electrons. The van der Waals surface area contributed by atoms with Crippen molar-refractivity contribution in [2.75, 3.05) is 20.6 Å². The summed E-state index contributed by atoms with van der Waals surface area (Å²) in [5.41, 5.74) is 5.79. The van der Waals surface area contributed by atoms with Gasteiger partial charge in [-0.1, -0.05) is 11.6 Å². The molecule has 0 spiro atoms. The van der Waals surface area contributed by atoms with E-state index in [1.54, 1.807) is 6.20 Å². The van der Waals surface area contributed by atoms with Gasteiger partial charge in [0.1, 0.15) is 5.60 Å². The van der Waals surface area contributed by atoms with Crippen LogP contribution in [0.1, 0.15) is 31.4 Å². The second-order valence-electron chi connectivity index (χ2n) is 5.76. The first-order chi connectivity index (χ1) is 8.92. The Labute approximate surface area is 119 Å². The van der Waals surface area contributed by atoms with Crippen molar-refractivity contribution < 1.29 is 5.11 Å². The van der Waals surface area contributed by atoms with Crippen LogP contribution in [0.3, 0.4) is 0 Å². The van der Waals surface area contributed by atoms with E-state index >= 15 is 0 Å². The summed E-state index contributed by atoms with van der Waals surface area (Å²) in [5, 5.41) is 15.7. The van der Waals surface area contributed by atoms with E-state index < -0.39 is 5.60 Å². The van der Waals surface area contributed by atoms with Crippen LogP contribution in [0.25, 0.3) is 0 Å². The van der Waals surface area contributed by atoms with E-state index in [1.165, 1.54) is 0 Å². The molecule has 1 aliphatic carbocycles. The minimum absolute atomic E-state index is 0.0343. The molecule has 0 aromatic carbocycles. The van der Waals surface area contributed by atoms with Gasteiger partial charge in [0.15, 0.2) is 0 Å². The smallest absolute Gasteiger partial charge is 0.109 e. The number of hydrogen-bond acceptors (Lipinski definition) is 4. The molecule has 1 aliphatic rings. The average Bonchev–Trinajstić information content (AvgIpc) is 2.68. The molecule has 2 unspecified atom stereocenters. The molecule has 0 amide bonds. The first kappa shape index (κ1) is 14.8. The van der Waals surface area contributed by atoms with Crippen molar-refractivity contribution in [1.29, 1.82) is 0 Å². The summed E-state index contributed by atoms with van der Waals surface area (Å²) in [7, 11) is 4.02. The molecule has 1 heterocycles. The number of likely N-dealkylation sites (N-methyl/N-ethyl adjacent to an activating group) is 1. The standard InChI is InChI=1S/C13H23ClN4O/c1-17(2)6-7-18-12(11(14)9-16-18)13(19)5-3-4-10(15)8-13/h9-10,19H,3-8,15H2,1-2H3. The highest BCUT2D eigenvalue weighted by Gasteiger charge is 2.39. The number of halogens is 1. The minimum atomic E-state index is -0.933. The Balaban J connectivity index is 2.24. The molecule has 0 saturated heterocycles. The monoisotopic (exact) mass is 286 g/mol. The van der Waals surface area contributed by atoms with E-state index in [0.29, 0.717) is 24.4 Å². The number of rotatable bonds is 4. The van der Waals surface area contributed by atoms with Gasteiger partial charge < -0.3 is 15.7 Å². The van der Waals surface area contributed by atoms with Crippen LogP contribution in [0.2, 0.25) is 5.02 Å². The highest BCUT2D eigenvalue weighted by atomic mass is 35.5. The summed E-state index contributed by atoms with van der Waals surface area (Å²) in [6.45, 7) is 1.57. The zero-order valence-electron chi connectivity index (χ0n) is 11.6. The van der Waals surface area contributed by atoms with Gasteiger partial charge in [0, 0.05) is 12.6 Å². The number of nitrogens with zero attached hydrogens (tertiary/aromatic N) is 3. The van der Waals surface area contributed by atoms with Crippen LogP contribution >= 0.6 is 11.6 Å². The molecule has 1 aromatic heterocycles. The Hall–Kier alpha value is -0.620. The van der Waals surface area contributed by atoms with Crippen LogP contribution < -0.4 is 5.73 Å². The summed E-state index contributed by atoms with van der Waals surface area (Å²) in [6, 6.07) is 0.0343. The van der Waals surface area contributed by atoms with Gasteiger partial charge in [-0.2, -0.15) is 5.10 Å². The fraction of sp³-hybridized carbons (Fsp3) is 0.769.